The Morgan fingerprint density at radius 2 is 1.75 bits per heavy atom. The molecule has 2 nitrogen and oxygen atoms in total. The van der Waals surface area contributed by atoms with Gasteiger partial charge in [0.1, 0.15) is 6.61 Å². The van der Waals surface area contributed by atoms with E-state index in [0.29, 0.717) is 0 Å². The zero-order valence-corrected chi connectivity index (χ0v) is 7.15. The van der Waals surface area contributed by atoms with Crippen molar-refractivity contribution in [3.8, 4) is 0 Å². The number of halogens is 3. The first-order chi connectivity index (χ1) is 5.42. The van der Waals surface area contributed by atoms with Crippen LogP contribution in [-0.2, 0) is 9.47 Å². The first-order valence-corrected chi connectivity index (χ1v) is 3.68. The summed E-state index contributed by atoms with van der Waals surface area (Å²) in [6, 6.07) is 0. The molecule has 0 bridgehead atoms. The van der Waals surface area contributed by atoms with Crippen LogP contribution in [-0.4, -0.2) is 32.1 Å². The lowest BCUT2D eigenvalue weighted by atomic mass is 10.5. The largest absolute Gasteiger partial charge is 0.411 e. The summed E-state index contributed by atoms with van der Waals surface area (Å²) in [4.78, 5) is 0. The molecule has 0 heterocycles. The van der Waals surface area contributed by atoms with Crippen molar-refractivity contribution in [1.29, 1.82) is 0 Å². The van der Waals surface area contributed by atoms with Crippen molar-refractivity contribution >= 4 is 0 Å². The summed E-state index contributed by atoms with van der Waals surface area (Å²) in [6.45, 7) is 2.60. The molecule has 5 heteroatoms. The van der Waals surface area contributed by atoms with E-state index in [4.69, 9.17) is 4.74 Å². The maximum Gasteiger partial charge on any atom is 0.411 e. The third kappa shape index (κ3) is 9.71. The van der Waals surface area contributed by atoms with Crippen LogP contribution in [0, 0.1) is 0 Å². The van der Waals surface area contributed by atoms with E-state index < -0.39 is 12.8 Å². The van der Waals surface area contributed by atoms with Gasteiger partial charge in [0, 0.05) is 0 Å². The summed E-state index contributed by atoms with van der Waals surface area (Å²) < 4.78 is 43.7. The van der Waals surface area contributed by atoms with Gasteiger partial charge in [-0.05, 0) is 13.8 Å². The smallest absolute Gasteiger partial charge is 0.376 e. The maximum atomic E-state index is 11.5. The lowest BCUT2D eigenvalue weighted by molar-refractivity contribution is -0.177. The van der Waals surface area contributed by atoms with Gasteiger partial charge in [-0.25, -0.2) is 0 Å². The monoisotopic (exact) mass is 186 g/mol. The number of alkyl halides is 3. The average molecular weight is 186 g/mol. The second-order valence-electron chi connectivity index (χ2n) is 2.59. The zero-order chi connectivity index (χ0) is 9.61. The Labute approximate surface area is 69.7 Å². The van der Waals surface area contributed by atoms with E-state index in [1.807, 2.05) is 13.8 Å². The normalized spacial score (nSPS) is 12.5. The number of hydrogen-bond donors (Lipinski definition) is 0. The Morgan fingerprint density at radius 3 is 2.17 bits per heavy atom. The van der Waals surface area contributed by atoms with Gasteiger partial charge in [0.25, 0.3) is 0 Å². The van der Waals surface area contributed by atoms with Gasteiger partial charge in [-0.15, -0.1) is 0 Å². The van der Waals surface area contributed by atoms with Crippen molar-refractivity contribution in [2.45, 2.75) is 26.1 Å². The Balaban J connectivity index is 3.12. The number of hydrogen-bond acceptors (Lipinski definition) is 2. The molecule has 0 unspecified atom stereocenters. The topological polar surface area (TPSA) is 18.5 Å². The van der Waals surface area contributed by atoms with Gasteiger partial charge in [-0.2, -0.15) is 13.2 Å². The highest BCUT2D eigenvalue weighted by molar-refractivity contribution is 4.45. The lowest BCUT2D eigenvalue weighted by Gasteiger charge is -2.09. The Kier molecular flexibility index (Phi) is 5.24. The van der Waals surface area contributed by atoms with Gasteiger partial charge >= 0.3 is 6.18 Å². The fourth-order valence-corrected chi connectivity index (χ4v) is 0.531. The molecule has 0 saturated heterocycles. The number of rotatable bonds is 5. The highest BCUT2D eigenvalue weighted by Crippen LogP contribution is 2.13. The van der Waals surface area contributed by atoms with E-state index in [0.717, 1.165) is 0 Å². The van der Waals surface area contributed by atoms with Gasteiger partial charge in [0.15, 0.2) is 0 Å². The molecule has 0 rings (SSSR count). The molecule has 0 aliphatic carbocycles. The molecular formula is C7H13F3O2. The van der Waals surface area contributed by atoms with Crippen molar-refractivity contribution < 1.29 is 22.6 Å². The summed E-state index contributed by atoms with van der Waals surface area (Å²) in [5.41, 5.74) is 0. The van der Waals surface area contributed by atoms with Crippen LogP contribution in [0.3, 0.4) is 0 Å². The second kappa shape index (κ2) is 5.37. The van der Waals surface area contributed by atoms with Gasteiger partial charge in [0.2, 0.25) is 0 Å². The fourth-order valence-electron chi connectivity index (χ4n) is 0.531. The second-order valence-corrected chi connectivity index (χ2v) is 2.59. The quantitative estimate of drug-likeness (QED) is 0.611. The standard InChI is InChI=1S/C7H13F3O2/c1-6(2)12-4-3-11-5-7(8,9)10/h6H,3-5H2,1-2H3. The third-order valence-corrected chi connectivity index (χ3v) is 0.945. The fraction of sp³-hybridized carbons (Fsp3) is 1.00. The lowest BCUT2D eigenvalue weighted by Crippen LogP contribution is -2.19. The van der Waals surface area contributed by atoms with Gasteiger partial charge in [0.05, 0.1) is 19.3 Å². The molecule has 0 aromatic rings. The first kappa shape index (κ1) is 11.7. The van der Waals surface area contributed by atoms with Crippen LogP contribution in [0.2, 0.25) is 0 Å². The molecule has 0 aliphatic rings. The highest BCUT2D eigenvalue weighted by atomic mass is 19.4. The van der Waals surface area contributed by atoms with Crippen LogP contribution in [0.1, 0.15) is 13.8 Å². The van der Waals surface area contributed by atoms with E-state index in [1.165, 1.54) is 0 Å². The predicted octanol–water partition coefficient (Wildman–Crippen LogP) is 1.99. The molecule has 0 saturated carbocycles. The molecule has 74 valence electrons. The molecule has 0 aromatic carbocycles. The Bertz CT molecular complexity index is 112. The first-order valence-electron chi connectivity index (χ1n) is 3.68. The molecule has 0 spiro atoms. The molecule has 0 aromatic heterocycles. The molecule has 0 aliphatic heterocycles. The van der Waals surface area contributed by atoms with E-state index in [1.54, 1.807) is 0 Å². The minimum absolute atomic E-state index is 0.0162. The van der Waals surface area contributed by atoms with E-state index in [2.05, 4.69) is 4.74 Å². The third-order valence-electron chi connectivity index (χ3n) is 0.945. The summed E-state index contributed by atoms with van der Waals surface area (Å²) >= 11 is 0. The minimum atomic E-state index is -4.24. The molecule has 0 N–H and O–H groups in total. The van der Waals surface area contributed by atoms with Crippen LogP contribution in [0.25, 0.3) is 0 Å². The van der Waals surface area contributed by atoms with Crippen molar-refractivity contribution in [2.24, 2.45) is 0 Å². The van der Waals surface area contributed by atoms with Gasteiger partial charge in [-0.1, -0.05) is 0 Å². The van der Waals surface area contributed by atoms with E-state index in [9.17, 15) is 13.2 Å². The van der Waals surface area contributed by atoms with Gasteiger partial charge in [-0.3, -0.25) is 0 Å². The van der Waals surface area contributed by atoms with E-state index >= 15 is 0 Å². The molecule has 0 amide bonds. The maximum absolute atomic E-state index is 11.5. The van der Waals surface area contributed by atoms with Crippen LogP contribution in [0.4, 0.5) is 13.2 Å². The summed E-state index contributed by atoms with van der Waals surface area (Å²) in [5.74, 6) is 0. The van der Waals surface area contributed by atoms with Gasteiger partial charge < -0.3 is 9.47 Å². The molecule has 12 heavy (non-hydrogen) atoms. The molecule has 0 fully saturated rings. The van der Waals surface area contributed by atoms with E-state index in [-0.39, 0.29) is 19.3 Å². The summed E-state index contributed by atoms with van der Waals surface area (Å²) in [7, 11) is 0. The van der Waals surface area contributed by atoms with Crippen molar-refractivity contribution in [1.82, 2.24) is 0 Å². The molecule has 0 radical (unpaired) electrons. The number of ether oxygens (including phenoxy) is 2. The average Bonchev–Trinajstić information content (AvgIpc) is 1.83. The van der Waals surface area contributed by atoms with Crippen LogP contribution in [0.5, 0.6) is 0 Å². The summed E-state index contributed by atoms with van der Waals surface area (Å²) in [6.07, 6.45) is -4.21. The minimum Gasteiger partial charge on any atom is -0.376 e. The van der Waals surface area contributed by atoms with Crippen LogP contribution in [0.15, 0.2) is 0 Å². The highest BCUT2D eigenvalue weighted by Gasteiger charge is 2.27. The summed E-state index contributed by atoms with van der Waals surface area (Å²) in [5, 5.41) is 0. The zero-order valence-electron chi connectivity index (χ0n) is 7.15. The SMILES string of the molecule is CC(C)OCCOCC(F)(F)F. The van der Waals surface area contributed by atoms with Crippen molar-refractivity contribution in [3.05, 3.63) is 0 Å². The predicted molar refractivity (Wildman–Crippen MR) is 38.0 cm³/mol. The van der Waals surface area contributed by atoms with Crippen molar-refractivity contribution in [3.63, 3.8) is 0 Å². The Hall–Kier alpha value is -0.290. The molecular weight excluding hydrogens is 173 g/mol. The van der Waals surface area contributed by atoms with Crippen molar-refractivity contribution in [2.75, 3.05) is 19.8 Å². The molecule has 0 atom stereocenters. The van der Waals surface area contributed by atoms with Crippen LogP contribution < -0.4 is 0 Å². The Morgan fingerprint density at radius 1 is 1.17 bits per heavy atom. The van der Waals surface area contributed by atoms with Crippen LogP contribution >= 0.6 is 0 Å².